The molecule has 0 aromatic carbocycles. The van der Waals surface area contributed by atoms with Gasteiger partial charge in [0, 0.05) is 6.42 Å². The van der Waals surface area contributed by atoms with Gasteiger partial charge in [0.25, 0.3) is 0 Å². The van der Waals surface area contributed by atoms with E-state index in [4.69, 9.17) is 14.9 Å². The summed E-state index contributed by atoms with van der Waals surface area (Å²) in [6.45, 7) is -0.538. The first-order valence-corrected chi connectivity index (χ1v) is 5.30. The van der Waals surface area contributed by atoms with Crippen LogP contribution in [0.25, 0.3) is 0 Å². The fourth-order valence-corrected chi connectivity index (χ4v) is 1.43. The Morgan fingerprint density at radius 2 is 2.00 bits per heavy atom. The molecule has 15 heavy (non-hydrogen) atoms. The van der Waals surface area contributed by atoms with E-state index in [2.05, 4.69) is 4.18 Å². The topological polar surface area (TPSA) is 116 Å². The fourth-order valence-electron chi connectivity index (χ4n) is 1.12. The third-order valence-corrected chi connectivity index (χ3v) is 2.27. The minimum Gasteiger partial charge on any atom is -0.726 e. The summed E-state index contributed by atoms with van der Waals surface area (Å²) in [7, 11) is -4.73. The summed E-state index contributed by atoms with van der Waals surface area (Å²) in [6.07, 6.45) is -2.60. The van der Waals surface area contributed by atoms with Crippen LogP contribution in [-0.2, 0) is 19.3 Å². The molecule has 7 nitrogen and oxygen atoms in total. The van der Waals surface area contributed by atoms with Crippen molar-refractivity contribution in [1.29, 1.82) is 0 Å². The van der Waals surface area contributed by atoms with Crippen LogP contribution in [0.15, 0.2) is 0 Å². The zero-order valence-corrected chi connectivity index (χ0v) is 11.0. The van der Waals surface area contributed by atoms with Gasteiger partial charge in [-0.25, -0.2) is 8.42 Å². The fraction of sp³-hybridized carbons (Fsp3) is 1.00. The number of ether oxygens (including phenoxy) is 1. The zero-order valence-electron chi connectivity index (χ0n) is 8.20. The molecule has 1 fully saturated rings. The third-order valence-electron chi connectivity index (χ3n) is 1.85. The van der Waals surface area contributed by atoms with Crippen LogP contribution in [0.2, 0.25) is 0 Å². The van der Waals surface area contributed by atoms with Crippen LogP contribution in [0, 0.1) is 0 Å². The normalized spacial score (nSPS) is 32.1. The molecular formula is C6H11NaO7S. The number of rotatable bonds is 3. The first-order chi connectivity index (χ1) is 6.38. The molecule has 1 rings (SSSR count). The second-order valence-corrected chi connectivity index (χ2v) is 4.07. The number of hydrogen-bond acceptors (Lipinski definition) is 7. The van der Waals surface area contributed by atoms with Crippen molar-refractivity contribution in [3.63, 3.8) is 0 Å². The van der Waals surface area contributed by atoms with E-state index in [0.29, 0.717) is 0 Å². The van der Waals surface area contributed by atoms with Gasteiger partial charge < -0.3 is 19.5 Å². The summed E-state index contributed by atoms with van der Waals surface area (Å²) in [5.74, 6) is 0. The Morgan fingerprint density at radius 3 is 2.47 bits per heavy atom. The summed E-state index contributed by atoms with van der Waals surface area (Å²) < 4.78 is 39.1. The molecule has 1 heterocycles. The minimum absolute atomic E-state index is 0. The molecule has 0 aliphatic carbocycles. The van der Waals surface area contributed by atoms with Crippen LogP contribution in [0.1, 0.15) is 6.42 Å². The smallest absolute Gasteiger partial charge is 0.726 e. The maximum atomic E-state index is 10.1. The van der Waals surface area contributed by atoms with Crippen LogP contribution in [0.4, 0.5) is 0 Å². The summed E-state index contributed by atoms with van der Waals surface area (Å²) in [4.78, 5) is 0. The molecule has 84 valence electrons. The quantitative estimate of drug-likeness (QED) is 0.292. The van der Waals surface area contributed by atoms with Gasteiger partial charge in [0.15, 0.2) is 0 Å². The Balaban J connectivity index is 0.00000196. The Hall–Kier alpha value is 0.750. The van der Waals surface area contributed by atoms with E-state index in [1.807, 2.05) is 0 Å². The maximum absolute atomic E-state index is 10.1. The van der Waals surface area contributed by atoms with Gasteiger partial charge in [-0.3, -0.25) is 4.18 Å². The molecular weight excluding hydrogens is 239 g/mol. The largest absolute Gasteiger partial charge is 1.00 e. The average Bonchev–Trinajstić information content (AvgIpc) is 2.06. The van der Waals surface area contributed by atoms with Crippen LogP contribution >= 0.6 is 0 Å². The Kier molecular flexibility index (Phi) is 6.80. The molecule has 0 aromatic heterocycles. The van der Waals surface area contributed by atoms with Crippen molar-refractivity contribution in [3.8, 4) is 0 Å². The van der Waals surface area contributed by atoms with Gasteiger partial charge >= 0.3 is 29.6 Å². The van der Waals surface area contributed by atoms with Crippen LogP contribution in [0.5, 0.6) is 0 Å². The van der Waals surface area contributed by atoms with Gasteiger partial charge in [0.1, 0.15) is 6.10 Å². The van der Waals surface area contributed by atoms with Gasteiger partial charge in [0.05, 0.1) is 25.4 Å². The summed E-state index contributed by atoms with van der Waals surface area (Å²) >= 11 is 0. The SMILES string of the molecule is O=S(=O)([O-])OC[C@H]1CC(O)C(O)CO1.[Na+]. The van der Waals surface area contributed by atoms with Crippen LogP contribution in [-0.4, -0.2) is 54.7 Å². The second-order valence-electron chi connectivity index (χ2n) is 3.02. The molecule has 9 heteroatoms. The first kappa shape index (κ1) is 15.8. The molecule has 0 amide bonds. The van der Waals surface area contributed by atoms with Crippen molar-refractivity contribution >= 4 is 10.4 Å². The van der Waals surface area contributed by atoms with Crippen molar-refractivity contribution in [2.45, 2.75) is 24.7 Å². The molecule has 0 radical (unpaired) electrons. The average molecular weight is 250 g/mol. The zero-order chi connectivity index (χ0) is 10.8. The Labute approximate surface area is 110 Å². The van der Waals surface area contributed by atoms with Gasteiger partial charge in [-0.05, 0) is 0 Å². The summed E-state index contributed by atoms with van der Waals surface area (Å²) in [6, 6.07) is 0. The number of hydrogen-bond donors (Lipinski definition) is 2. The van der Waals surface area contributed by atoms with E-state index < -0.39 is 35.3 Å². The molecule has 1 aliphatic rings. The molecule has 0 bridgehead atoms. The van der Waals surface area contributed by atoms with E-state index in [0.717, 1.165) is 0 Å². The molecule has 1 saturated heterocycles. The third kappa shape index (κ3) is 6.15. The van der Waals surface area contributed by atoms with Crippen molar-refractivity contribution in [2.75, 3.05) is 13.2 Å². The van der Waals surface area contributed by atoms with E-state index in [-0.39, 0.29) is 42.6 Å². The Morgan fingerprint density at radius 1 is 1.40 bits per heavy atom. The molecule has 2 unspecified atom stereocenters. The van der Waals surface area contributed by atoms with Crippen LogP contribution in [0.3, 0.4) is 0 Å². The maximum Gasteiger partial charge on any atom is 1.00 e. The molecule has 0 aromatic rings. The molecule has 2 N–H and O–H groups in total. The van der Waals surface area contributed by atoms with Gasteiger partial charge in [-0.1, -0.05) is 0 Å². The second kappa shape index (κ2) is 6.48. The molecule has 3 atom stereocenters. The van der Waals surface area contributed by atoms with Crippen molar-refractivity contribution in [2.24, 2.45) is 0 Å². The van der Waals surface area contributed by atoms with Gasteiger partial charge in [-0.15, -0.1) is 0 Å². The molecule has 1 aliphatic heterocycles. The molecule has 0 saturated carbocycles. The number of aliphatic hydroxyl groups is 2. The van der Waals surface area contributed by atoms with E-state index in [1.54, 1.807) is 0 Å². The van der Waals surface area contributed by atoms with Crippen molar-refractivity contribution < 1.29 is 61.7 Å². The summed E-state index contributed by atoms with van der Waals surface area (Å²) in [5, 5.41) is 18.2. The standard InChI is InChI=1S/C6H12O7S.Na/c7-5-1-4(12-3-6(5)8)2-13-14(9,10)11;/h4-8H,1-3H2,(H,9,10,11);/q;+1/p-1/t4-,5?,6?;/m1./s1. The van der Waals surface area contributed by atoms with E-state index in [1.165, 1.54) is 0 Å². The van der Waals surface area contributed by atoms with E-state index >= 15 is 0 Å². The Bertz CT molecular complexity index is 279. The van der Waals surface area contributed by atoms with Crippen molar-refractivity contribution in [3.05, 3.63) is 0 Å². The van der Waals surface area contributed by atoms with Crippen LogP contribution < -0.4 is 29.6 Å². The monoisotopic (exact) mass is 250 g/mol. The predicted molar refractivity (Wildman–Crippen MR) is 42.0 cm³/mol. The number of aliphatic hydroxyl groups excluding tert-OH is 2. The molecule has 0 spiro atoms. The van der Waals surface area contributed by atoms with Gasteiger partial charge in [0.2, 0.25) is 10.4 Å². The minimum atomic E-state index is -4.73. The summed E-state index contributed by atoms with van der Waals surface area (Å²) in [5.41, 5.74) is 0. The van der Waals surface area contributed by atoms with Crippen molar-refractivity contribution in [1.82, 2.24) is 0 Å². The first-order valence-electron chi connectivity index (χ1n) is 3.96. The predicted octanol–water partition coefficient (Wildman–Crippen LogP) is -5.02. The van der Waals surface area contributed by atoms with Gasteiger partial charge in [-0.2, -0.15) is 0 Å². The van der Waals surface area contributed by atoms with E-state index in [9.17, 15) is 13.0 Å².